The third-order valence-corrected chi connectivity index (χ3v) is 2.41. The number of nitriles is 1. The first-order valence-corrected chi connectivity index (χ1v) is 5.84. The largest absolute Gasteiger partial charge is 0.466 e. The highest BCUT2D eigenvalue weighted by molar-refractivity contribution is 5.74. The lowest BCUT2D eigenvalue weighted by molar-refractivity contribution is -0.142. The van der Waals surface area contributed by atoms with E-state index in [-0.39, 0.29) is 17.7 Å². The van der Waals surface area contributed by atoms with E-state index in [1.54, 1.807) is 6.07 Å². The van der Waals surface area contributed by atoms with Crippen molar-refractivity contribution in [2.75, 3.05) is 6.61 Å². The van der Waals surface area contributed by atoms with Crippen LogP contribution in [0.2, 0.25) is 0 Å². The molecule has 0 saturated carbocycles. The summed E-state index contributed by atoms with van der Waals surface area (Å²) < 4.78 is 59.3. The van der Waals surface area contributed by atoms with Crippen LogP contribution in [0.4, 0.5) is 17.6 Å². The van der Waals surface area contributed by atoms with Gasteiger partial charge in [0.15, 0.2) is 0 Å². The molecule has 114 valence electrons. The summed E-state index contributed by atoms with van der Waals surface area (Å²) in [5, 5.41) is 8.78. The van der Waals surface area contributed by atoms with Crippen molar-refractivity contribution in [3.63, 3.8) is 0 Å². The molecule has 0 atom stereocenters. The number of halogens is 4. The minimum Gasteiger partial charge on any atom is -0.466 e. The number of hydrogen-bond donors (Lipinski definition) is 0. The predicted molar refractivity (Wildman–Crippen MR) is 63.1 cm³/mol. The fourth-order valence-electron chi connectivity index (χ4n) is 1.67. The van der Waals surface area contributed by atoms with Crippen molar-refractivity contribution in [1.29, 1.82) is 5.26 Å². The summed E-state index contributed by atoms with van der Waals surface area (Å²) >= 11 is 0. The van der Waals surface area contributed by atoms with Crippen LogP contribution >= 0.6 is 0 Å². The summed E-state index contributed by atoms with van der Waals surface area (Å²) in [5.41, 5.74) is -1.30. The van der Waals surface area contributed by atoms with Crippen LogP contribution in [0.25, 0.3) is 0 Å². The lowest BCUT2D eigenvalue weighted by Gasteiger charge is -2.15. The van der Waals surface area contributed by atoms with Gasteiger partial charge in [0, 0.05) is 5.56 Å². The quantitative estimate of drug-likeness (QED) is 0.598. The molecule has 0 aliphatic heterocycles. The smallest absolute Gasteiger partial charge is 0.387 e. The van der Waals surface area contributed by atoms with Gasteiger partial charge in [-0.1, -0.05) is 0 Å². The summed E-state index contributed by atoms with van der Waals surface area (Å²) in [6.45, 7) is -1.76. The molecule has 1 rings (SSSR count). The molecule has 1 aromatic rings. The maximum absolute atomic E-state index is 12.9. The number of nitrogens with zero attached hydrogens (tertiary/aromatic N) is 1. The molecule has 0 amide bonds. The number of carbonyl (C=O) groups is 1. The average Bonchev–Trinajstić information content (AvgIpc) is 2.39. The molecule has 4 nitrogen and oxygen atoms in total. The van der Waals surface area contributed by atoms with Gasteiger partial charge in [0.2, 0.25) is 0 Å². The van der Waals surface area contributed by atoms with Crippen LogP contribution in [0.1, 0.15) is 30.0 Å². The number of hydrogen-bond acceptors (Lipinski definition) is 4. The second kappa shape index (κ2) is 7.47. The Labute approximate surface area is 117 Å². The molecule has 0 saturated heterocycles. The molecular formula is C13H11F4NO3. The van der Waals surface area contributed by atoms with E-state index < -0.39 is 36.7 Å². The van der Waals surface area contributed by atoms with Crippen molar-refractivity contribution in [1.82, 2.24) is 0 Å². The lowest BCUT2D eigenvalue weighted by Crippen LogP contribution is -2.13. The molecule has 0 aliphatic rings. The van der Waals surface area contributed by atoms with E-state index in [1.165, 1.54) is 6.92 Å². The highest BCUT2D eigenvalue weighted by atomic mass is 19.3. The van der Waals surface area contributed by atoms with Gasteiger partial charge in [-0.15, -0.1) is 0 Å². The zero-order valence-electron chi connectivity index (χ0n) is 10.9. The number of benzene rings is 1. The number of ether oxygens (including phenoxy) is 2. The van der Waals surface area contributed by atoms with Gasteiger partial charge >= 0.3 is 12.6 Å². The highest BCUT2D eigenvalue weighted by Crippen LogP contribution is 2.35. The van der Waals surface area contributed by atoms with Gasteiger partial charge in [0.25, 0.3) is 6.43 Å². The standard InChI is InChI=1S/C13H11F4NO3/c1-2-20-10(19)5-8-3-7(6-18)4-9(12(14)15)11(8)21-13(16)17/h3-4,12-13H,2,5H2,1H3. The Morgan fingerprint density at radius 3 is 2.48 bits per heavy atom. The van der Waals surface area contributed by atoms with Crippen LogP contribution in [0.3, 0.4) is 0 Å². The van der Waals surface area contributed by atoms with Crippen LogP contribution in [-0.4, -0.2) is 19.2 Å². The molecule has 1 aromatic carbocycles. The molecular weight excluding hydrogens is 294 g/mol. The van der Waals surface area contributed by atoms with Gasteiger partial charge in [-0.05, 0) is 19.1 Å². The van der Waals surface area contributed by atoms with E-state index in [0.717, 1.165) is 12.1 Å². The maximum Gasteiger partial charge on any atom is 0.387 e. The van der Waals surface area contributed by atoms with E-state index in [2.05, 4.69) is 9.47 Å². The molecule has 0 N–H and O–H groups in total. The first-order chi connectivity index (χ1) is 9.88. The van der Waals surface area contributed by atoms with Crippen molar-refractivity contribution in [3.8, 4) is 11.8 Å². The summed E-state index contributed by atoms with van der Waals surface area (Å²) in [5.74, 6) is -1.60. The molecule has 8 heteroatoms. The Morgan fingerprint density at radius 1 is 1.33 bits per heavy atom. The van der Waals surface area contributed by atoms with Crippen molar-refractivity contribution in [2.45, 2.75) is 26.4 Å². The summed E-state index contributed by atoms with van der Waals surface area (Å²) in [4.78, 5) is 11.4. The fraction of sp³-hybridized carbons (Fsp3) is 0.385. The first kappa shape index (κ1) is 16.8. The Bertz CT molecular complexity index is 555. The van der Waals surface area contributed by atoms with E-state index in [1.807, 2.05) is 0 Å². The van der Waals surface area contributed by atoms with Crippen LogP contribution in [-0.2, 0) is 16.0 Å². The number of esters is 1. The van der Waals surface area contributed by atoms with Crippen LogP contribution < -0.4 is 4.74 Å². The Morgan fingerprint density at radius 2 is 2.00 bits per heavy atom. The van der Waals surface area contributed by atoms with Gasteiger partial charge in [-0.3, -0.25) is 4.79 Å². The molecule has 0 fully saturated rings. The van der Waals surface area contributed by atoms with Gasteiger partial charge in [0.1, 0.15) is 5.75 Å². The Kier molecular flexibility index (Phi) is 5.96. The summed E-state index contributed by atoms with van der Waals surface area (Å²) in [6, 6.07) is 3.41. The molecule has 0 aromatic heterocycles. The second-order valence-corrected chi connectivity index (χ2v) is 3.83. The Balaban J connectivity index is 3.32. The van der Waals surface area contributed by atoms with Crippen LogP contribution in [0, 0.1) is 11.3 Å². The minimum atomic E-state index is -3.34. The van der Waals surface area contributed by atoms with Gasteiger partial charge in [-0.2, -0.15) is 14.0 Å². The number of alkyl halides is 4. The van der Waals surface area contributed by atoms with Crippen LogP contribution in [0.5, 0.6) is 5.75 Å². The van der Waals surface area contributed by atoms with Gasteiger partial charge in [-0.25, -0.2) is 8.78 Å². The monoisotopic (exact) mass is 305 g/mol. The average molecular weight is 305 g/mol. The van der Waals surface area contributed by atoms with Crippen molar-refractivity contribution in [3.05, 3.63) is 28.8 Å². The Hall–Kier alpha value is -2.30. The molecule has 0 unspecified atom stereocenters. The third-order valence-electron chi connectivity index (χ3n) is 2.41. The molecule has 0 aliphatic carbocycles. The number of carbonyl (C=O) groups excluding carboxylic acids is 1. The molecule has 0 radical (unpaired) electrons. The third kappa shape index (κ3) is 4.63. The van der Waals surface area contributed by atoms with E-state index >= 15 is 0 Å². The van der Waals surface area contributed by atoms with Crippen LogP contribution in [0.15, 0.2) is 12.1 Å². The maximum atomic E-state index is 12.9. The molecule has 0 bridgehead atoms. The zero-order valence-corrected chi connectivity index (χ0v) is 10.9. The fourth-order valence-corrected chi connectivity index (χ4v) is 1.67. The molecule has 0 heterocycles. The zero-order chi connectivity index (χ0) is 16.0. The molecule has 21 heavy (non-hydrogen) atoms. The van der Waals surface area contributed by atoms with Crippen molar-refractivity contribution in [2.24, 2.45) is 0 Å². The van der Waals surface area contributed by atoms with Crippen molar-refractivity contribution < 1.29 is 31.8 Å². The van der Waals surface area contributed by atoms with Gasteiger partial charge < -0.3 is 9.47 Å². The van der Waals surface area contributed by atoms with Gasteiger partial charge in [0.05, 0.1) is 30.2 Å². The second-order valence-electron chi connectivity index (χ2n) is 3.83. The summed E-state index contributed by atoms with van der Waals surface area (Å²) in [6.07, 6.45) is -3.68. The SMILES string of the molecule is CCOC(=O)Cc1cc(C#N)cc(C(F)F)c1OC(F)F. The predicted octanol–water partition coefficient (Wildman–Crippen LogP) is 3.20. The van der Waals surface area contributed by atoms with Crippen molar-refractivity contribution >= 4 is 5.97 Å². The van der Waals surface area contributed by atoms with E-state index in [9.17, 15) is 22.4 Å². The van der Waals surface area contributed by atoms with E-state index in [0.29, 0.717) is 0 Å². The minimum absolute atomic E-state index is 0.0452. The number of rotatable bonds is 6. The molecule has 0 spiro atoms. The first-order valence-electron chi connectivity index (χ1n) is 5.84. The normalized spacial score (nSPS) is 10.6. The van der Waals surface area contributed by atoms with E-state index in [4.69, 9.17) is 5.26 Å². The topological polar surface area (TPSA) is 59.3 Å². The summed E-state index contributed by atoms with van der Waals surface area (Å²) in [7, 11) is 0. The lowest BCUT2D eigenvalue weighted by atomic mass is 10.0. The highest BCUT2D eigenvalue weighted by Gasteiger charge is 2.23.